The summed E-state index contributed by atoms with van der Waals surface area (Å²) in [6.45, 7) is 8.95. The second-order valence-electron chi connectivity index (χ2n) is 7.88. The molecule has 4 rings (SSSR count). The molecular formula is C25H31NO4. The molecule has 0 spiro atoms. The number of ether oxygens (including phenoxy) is 3. The summed E-state index contributed by atoms with van der Waals surface area (Å²) in [5, 5.41) is 0. The van der Waals surface area contributed by atoms with E-state index in [0.29, 0.717) is 42.4 Å². The maximum Gasteiger partial charge on any atom is 0.194 e. The Balaban J connectivity index is 1.64. The lowest BCUT2D eigenvalue weighted by molar-refractivity contribution is 0.104. The molecule has 2 aromatic rings. The van der Waals surface area contributed by atoms with Crippen LogP contribution in [0.15, 0.2) is 30.3 Å². The maximum absolute atomic E-state index is 13.2. The topological polar surface area (TPSA) is 48.0 Å². The average molecular weight is 410 g/mol. The van der Waals surface area contributed by atoms with E-state index >= 15 is 0 Å². The van der Waals surface area contributed by atoms with Crippen LogP contribution >= 0.6 is 0 Å². The third-order valence-corrected chi connectivity index (χ3v) is 5.73. The zero-order chi connectivity index (χ0) is 20.9. The Hall–Kier alpha value is -2.53. The molecule has 0 amide bonds. The van der Waals surface area contributed by atoms with Gasteiger partial charge in [-0.25, -0.2) is 0 Å². The summed E-state index contributed by atoms with van der Waals surface area (Å²) in [4.78, 5) is 15.6. The van der Waals surface area contributed by atoms with Gasteiger partial charge in [-0.05, 0) is 51.4 Å². The van der Waals surface area contributed by atoms with Gasteiger partial charge in [0.1, 0.15) is 23.9 Å². The normalized spacial score (nSPS) is 15.6. The van der Waals surface area contributed by atoms with Crippen molar-refractivity contribution in [3.05, 3.63) is 41.5 Å². The summed E-state index contributed by atoms with van der Waals surface area (Å²) in [6.07, 6.45) is 4.75. The Morgan fingerprint density at radius 3 is 2.40 bits per heavy atom. The van der Waals surface area contributed by atoms with Crippen molar-refractivity contribution in [3.63, 3.8) is 0 Å². The van der Waals surface area contributed by atoms with Crippen molar-refractivity contribution in [3.8, 4) is 28.4 Å². The molecule has 1 saturated heterocycles. The molecular weight excluding hydrogens is 378 g/mol. The van der Waals surface area contributed by atoms with Gasteiger partial charge in [-0.2, -0.15) is 0 Å². The summed E-state index contributed by atoms with van der Waals surface area (Å²) in [7, 11) is 0. The van der Waals surface area contributed by atoms with Gasteiger partial charge in [0.15, 0.2) is 5.78 Å². The second kappa shape index (κ2) is 9.52. The largest absolute Gasteiger partial charge is 0.494 e. The first-order valence-electron chi connectivity index (χ1n) is 11.2. The van der Waals surface area contributed by atoms with E-state index < -0.39 is 0 Å². The number of carbonyl (C=O) groups excluding carboxylic acids is 1. The molecule has 1 fully saturated rings. The number of nitrogens with zero attached hydrogens (tertiary/aromatic N) is 1. The maximum atomic E-state index is 13.2. The van der Waals surface area contributed by atoms with Gasteiger partial charge in [0.05, 0.1) is 13.2 Å². The first-order valence-corrected chi connectivity index (χ1v) is 11.2. The minimum absolute atomic E-state index is 0.00406. The molecule has 160 valence electrons. The number of rotatable bonds is 9. The fourth-order valence-electron chi connectivity index (χ4n) is 4.31. The summed E-state index contributed by atoms with van der Waals surface area (Å²) in [5.41, 5.74) is 3.00. The first-order chi connectivity index (χ1) is 14.7. The SMILES string of the molecule is CCCOc1cc(OCC)cc2c1-c1c(OCCN3CCCCC3)cccc1C2=O. The van der Waals surface area contributed by atoms with Crippen LogP contribution in [0.25, 0.3) is 11.1 Å². The van der Waals surface area contributed by atoms with Gasteiger partial charge in [0.2, 0.25) is 0 Å². The predicted octanol–water partition coefficient (Wildman–Crippen LogP) is 4.95. The summed E-state index contributed by atoms with van der Waals surface area (Å²) >= 11 is 0. The number of ketones is 1. The van der Waals surface area contributed by atoms with Crippen molar-refractivity contribution >= 4 is 5.78 Å². The molecule has 2 aromatic carbocycles. The highest BCUT2D eigenvalue weighted by molar-refractivity contribution is 6.23. The van der Waals surface area contributed by atoms with E-state index in [1.54, 1.807) is 0 Å². The lowest BCUT2D eigenvalue weighted by atomic mass is 10.0. The molecule has 1 aliphatic carbocycles. The van der Waals surface area contributed by atoms with Crippen molar-refractivity contribution in [1.29, 1.82) is 0 Å². The third-order valence-electron chi connectivity index (χ3n) is 5.73. The van der Waals surface area contributed by atoms with Crippen LogP contribution in [0.5, 0.6) is 17.2 Å². The molecule has 0 bridgehead atoms. The Labute approximate surface area is 178 Å². The number of likely N-dealkylation sites (tertiary alicyclic amines) is 1. The fourth-order valence-corrected chi connectivity index (χ4v) is 4.31. The van der Waals surface area contributed by atoms with Gasteiger partial charge in [-0.3, -0.25) is 9.69 Å². The number of benzene rings is 2. The number of piperidine rings is 1. The van der Waals surface area contributed by atoms with E-state index in [1.807, 2.05) is 37.3 Å². The van der Waals surface area contributed by atoms with Crippen molar-refractivity contribution in [1.82, 2.24) is 4.90 Å². The number of hydrogen-bond acceptors (Lipinski definition) is 5. The van der Waals surface area contributed by atoms with Crippen molar-refractivity contribution in [2.75, 3.05) is 39.5 Å². The molecule has 1 aliphatic heterocycles. The average Bonchev–Trinajstić information content (AvgIpc) is 3.06. The minimum Gasteiger partial charge on any atom is -0.494 e. The van der Waals surface area contributed by atoms with Gasteiger partial charge >= 0.3 is 0 Å². The van der Waals surface area contributed by atoms with E-state index in [4.69, 9.17) is 14.2 Å². The molecule has 5 nitrogen and oxygen atoms in total. The van der Waals surface area contributed by atoms with Crippen molar-refractivity contribution in [2.45, 2.75) is 39.5 Å². The Bertz CT molecular complexity index is 902. The molecule has 1 heterocycles. The second-order valence-corrected chi connectivity index (χ2v) is 7.88. The van der Waals surface area contributed by atoms with E-state index in [9.17, 15) is 4.79 Å². The van der Waals surface area contributed by atoms with Gasteiger partial charge in [-0.1, -0.05) is 25.5 Å². The highest BCUT2D eigenvalue weighted by Crippen LogP contribution is 2.49. The van der Waals surface area contributed by atoms with E-state index in [1.165, 1.54) is 19.3 Å². The Morgan fingerprint density at radius 2 is 1.63 bits per heavy atom. The summed E-state index contributed by atoms with van der Waals surface area (Å²) in [5.74, 6) is 2.11. The lowest BCUT2D eigenvalue weighted by Crippen LogP contribution is -2.33. The highest BCUT2D eigenvalue weighted by atomic mass is 16.5. The van der Waals surface area contributed by atoms with Crippen LogP contribution < -0.4 is 14.2 Å². The zero-order valence-corrected chi connectivity index (χ0v) is 18.0. The molecule has 0 saturated carbocycles. The minimum atomic E-state index is 0.00406. The van der Waals surface area contributed by atoms with Gasteiger partial charge in [0.25, 0.3) is 0 Å². The highest BCUT2D eigenvalue weighted by Gasteiger charge is 2.33. The number of hydrogen-bond donors (Lipinski definition) is 0. The van der Waals surface area contributed by atoms with E-state index in [0.717, 1.165) is 42.9 Å². The van der Waals surface area contributed by atoms with Crippen LogP contribution in [0.4, 0.5) is 0 Å². The monoisotopic (exact) mass is 409 g/mol. The molecule has 0 unspecified atom stereocenters. The molecule has 0 radical (unpaired) electrons. The summed E-state index contributed by atoms with van der Waals surface area (Å²) < 4.78 is 18.0. The number of fused-ring (bicyclic) bond motifs is 3. The van der Waals surface area contributed by atoms with Crippen LogP contribution in [0.1, 0.15) is 55.5 Å². The molecule has 0 aromatic heterocycles. The fraction of sp³-hybridized carbons (Fsp3) is 0.480. The summed E-state index contributed by atoms with van der Waals surface area (Å²) in [6, 6.07) is 9.45. The molecule has 2 aliphatic rings. The predicted molar refractivity (Wildman–Crippen MR) is 118 cm³/mol. The van der Waals surface area contributed by atoms with Crippen LogP contribution in [0.3, 0.4) is 0 Å². The van der Waals surface area contributed by atoms with Crippen LogP contribution in [0.2, 0.25) is 0 Å². The Kier molecular flexibility index (Phi) is 6.58. The van der Waals surface area contributed by atoms with Gasteiger partial charge in [-0.15, -0.1) is 0 Å². The number of carbonyl (C=O) groups is 1. The Morgan fingerprint density at radius 1 is 0.867 bits per heavy atom. The molecule has 5 heteroatoms. The van der Waals surface area contributed by atoms with E-state index in [2.05, 4.69) is 11.8 Å². The van der Waals surface area contributed by atoms with Crippen LogP contribution in [0, 0.1) is 0 Å². The van der Waals surface area contributed by atoms with Crippen LogP contribution in [-0.2, 0) is 0 Å². The lowest BCUT2D eigenvalue weighted by Gasteiger charge is -2.26. The molecule has 30 heavy (non-hydrogen) atoms. The van der Waals surface area contributed by atoms with Crippen molar-refractivity contribution in [2.24, 2.45) is 0 Å². The van der Waals surface area contributed by atoms with Gasteiger partial charge in [0, 0.05) is 34.9 Å². The van der Waals surface area contributed by atoms with Crippen molar-refractivity contribution < 1.29 is 19.0 Å². The third kappa shape index (κ3) is 4.17. The standard InChI is InChI=1S/C25H31NO4/c1-3-14-29-22-17-18(28-4-2)16-20-24(22)23-19(25(20)27)9-8-10-21(23)30-15-13-26-11-6-5-7-12-26/h8-10,16-17H,3-7,11-15H2,1-2H3. The van der Waals surface area contributed by atoms with Crippen LogP contribution in [-0.4, -0.2) is 50.1 Å². The molecule has 0 atom stereocenters. The first kappa shape index (κ1) is 20.7. The molecule has 0 N–H and O–H groups in total. The van der Waals surface area contributed by atoms with Gasteiger partial charge < -0.3 is 14.2 Å². The van der Waals surface area contributed by atoms with E-state index in [-0.39, 0.29) is 5.78 Å². The smallest absolute Gasteiger partial charge is 0.194 e. The quantitative estimate of drug-likeness (QED) is 0.500. The zero-order valence-electron chi connectivity index (χ0n) is 18.0.